The molecular formula is C14H12BrN3S. The molecule has 0 bridgehead atoms. The third kappa shape index (κ3) is 2.03. The van der Waals surface area contributed by atoms with Crippen molar-refractivity contribution in [3.05, 3.63) is 50.8 Å². The lowest BCUT2D eigenvalue weighted by atomic mass is 10.2. The number of H-pyrrole nitrogens is 1. The first-order chi connectivity index (χ1) is 9.08. The fraction of sp³-hybridized carbons (Fsp3) is 0.143. The molecule has 3 rings (SSSR count). The number of nitrogens with one attached hydrogen (secondary N) is 1. The molecule has 1 N–H and O–H groups in total. The van der Waals surface area contributed by atoms with Gasteiger partial charge in [0.2, 0.25) is 0 Å². The SMILES string of the molecule is Cc1ccc(Br)c(-n2c(=S)[nH]c3c(C)ccnc32)c1. The number of imidazole rings is 1. The van der Waals surface area contributed by atoms with Gasteiger partial charge in [-0.15, -0.1) is 0 Å². The number of rotatable bonds is 1. The maximum Gasteiger partial charge on any atom is 0.184 e. The summed E-state index contributed by atoms with van der Waals surface area (Å²) in [5.41, 5.74) is 5.17. The second kappa shape index (κ2) is 4.58. The molecule has 0 atom stereocenters. The van der Waals surface area contributed by atoms with Gasteiger partial charge in [0.05, 0.1) is 11.2 Å². The quantitative estimate of drug-likeness (QED) is 0.667. The van der Waals surface area contributed by atoms with E-state index in [1.165, 1.54) is 5.56 Å². The number of fused-ring (bicyclic) bond motifs is 1. The highest BCUT2D eigenvalue weighted by Gasteiger charge is 2.11. The summed E-state index contributed by atoms with van der Waals surface area (Å²) in [6.45, 7) is 4.11. The lowest BCUT2D eigenvalue weighted by molar-refractivity contribution is 1.03. The molecule has 19 heavy (non-hydrogen) atoms. The minimum Gasteiger partial charge on any atom is -0.329 e. The summed E-state index contributed by atoms with van der Waals surface area (Å²) in [4.78, 5) is 7.69. The van der Waals surface area contributed by atoms with Crippen molar-refractivity contribution >= 4 is 39.3 Å². The van der Waals surface area contributed by atoms with E-state index in [2.05, 4.69) is 45.0 Å². The van der Waals surface area contributed by atoms with Crippen molar-refractivity contribution in [1.29, 1.82) is 0 Å². The number of aromatic nitrogens is 3. The van der Waals surface area contributed by atoms with Crippen molar-refractivity contribution in [2.75, 3.05) is 0 Å². The van der Waals surface area contributed by atoms with Gasteiger partial charge in [-0.2, -0.15) is 0 Å². The van der Waals surface area contributed by atoms with E-state index in [4.69, 9.17) is 12.2 Å². The average molecular weight is 334 g/mol. The second-order valence-corrected chi connectivity index (χ2v) is 5.79. The highest BCUT2D eigenvalue weighted by Crippen LogP contribution is 2.26. The number of nitrogens with zero attached hydrogens (tertiary/aromatic N) is 2. The van der Waals surface area contributed by atoms with Crippen LogP contribution in [-0.4, -0.2) is 14.5 Å². The minimum atomic E-state index is 0.656. The third-order valence-electron chi connectivity index (χ3n) is 3.13. The Kier molecular flexibility index (Phi) is 3.03. The average Bonchev–Trinajstić information content (AvgIpc) is 2.70. The van der Waals surface area contributed by atoms with E-state index < -0.39 is 0 Å². The van der Waals surface area contributed by atoms with Crippen molar-refractivity contribution in [2.45, 2.75) is 13.8 Å². The molecule has 0 saturated heterocycles. The molecule has 2 heterocycles. The van der Waals surface area contributed by atoms with Gasteiger partial charge in [0.1, 0.15) is 0 Å². The van der Waals surface area contributed by atoms with Gasteiger partial charge in [-0.1, -0.05) is 6.07 Å². The predicted octanol–water partition coefficient (Wildman–Crippen LogP) is 4.46. The Morgan fingerprint density at radius 2 is 2.05 bits per heavy atom. The highest BCUT2D eigenvalue weighted by molar-refractivity contribution is 9.10. The normalized spacial score (nSPS) is 11.1. The number of aromatic amines is 1. The predicted molar refractivity (Wildman–Crippen MR) is 83.4 cm³/mol. The van der Waals surface area contributed by atoms with Crippen LogP contribution in [0.25, 0.3) is 16.9 Å². The van der Waals surface area contributed by atoms with Crippen LogP contribution >= 0.6 is 28.1 Å². The Morgan fingerprint density at radius 1 is 1.26 bits per heavy atom. The largest absolute Gasteiger partial charge is 0.329 e. The second-order valence-electron chi connectivity index (χ2n) is 4.55. The Labute approximate surface area is 124 Å². The highest BCUT2D eigenvalue weighted by atomic mass is 79.9. The molecule has 2 aromatic heterocycles. The van der Waals surface area contributed by atoms with Crippen molar-refractivity contribution in [1.82, 2.24) is 14.5 Å². The molecule has 3 nitrogen and oxygen atoms in total. The van der Waals surface area contributed by atoms with Crippen molar-refractivity contribution in [3.8, 4) is 5.69 Å². The smallest absolute Gasteiger partial charge is 0.184 e. The molecule has 0 unspecified atom stereocenters. The van der Waals surface area contributed by atoms with Crippen LogP contribution in [0.2, 0.25) is 0 Å². The van der Waals surface area contributed by atoms with Gasteiger partial charge in [0.25, 0.3) is 0 Å². The van der Waals surface area contributed by atoms with E-state index in [0.29, 0.717) is 4.77 Å². The molecule has 5 heteroatoms. The van der Waals surface area contributed by atoms with Gasteiger partial charge >= 0.3 is 0 Å². The van der Waals surface area contributed by atoms with Gasteiger partial charge in [0, 0.05) is 10.7 Å². The molecule has 96 valence electrons. The minimum absolute atomic E-state index is 0.656. The summed E-state index contributed by atoms with van der Waals surface area (Å²) >= 11 is 9.03. The first-order valence-corrected chi connectivity index (χ1v) is 7.11. The van der Waals surface area contributed by atoms with E-state index in [0.717, 1.165) is 26.9 Å². The fourth-order valence-electron chi connectivity index (χ4n) is 2.14. The molecule has 0 fully saturated rings. The van der Waals surface area contributed by atoms with Crippen LogP contribution in [0.15, 0.2) is 34.9 Å². The Bertz CT molecular complexity index is 832. The van der Waals surface area contributed by atoms with E-state index in [-0.39, 0.29) is 0 Å². The standard InChI is InChI=1S/C14H12BrN3S/c1-8-3-4-10(15)11(7-8)18-13-12(17-14(18)19)9(2)5-6-16-13/h3-7H,1-2H3,(H,17,19). The van der Waals surface area contributed by atoms with Crippen LogP contribution in [0.1, 0.15) is 11.1 Å². The molecule has 0 amide bonds. The zero-order chi connectivity index (χ0) is 13.6. The maximum atomic E-state index is 5.44. The van der Waals surface area contributed by atoms with Crippen LogP contribution in [0.3, 0.4) is 0 Å². The molecule has 1 aromatic carbocycles. The number of benzene rings is 1. The van der Waals surface area contributed by atoms with Crippen LogP contribution in [0.4, 0.5) is 0 Å². The monoisotopic (exact) mass is 333 g/mol. The Morgan fingerprint density at radius 3 is 2.84 bits per heavy atom. The first kappa shape index (κ1) is 12.6. The number of pyridine rings is 1. The summed E-state index contributed by atoms with van der Waals surface area (Å²) in [5.74, 6) is 0. The van der Waals surface area contributed by atoms with Gasteiger partial charge < -0.3 is 4.98 Å². The van der Waals surface area contributed by atoms with Crippen LogP contribution in [-0.2, 0) is 0 Å². The molecule has 0 radical (unpaired) electrons. The van der Waals surface area contributed by atoms with Gasteiger partial charge in [-0.3, -0.25) is 4.57 Å². The molecule has 3 aromatic rings. The summed E-state index contributed by atoms with van der Waals surface area (Å²) in [6, 6.07) is 8.16. The molecule has 0 aliphatic carbocycles. The number of aryl methyl sites for hydroxylation is 2. The summed E-state index contributed by atoms with van der Waals surface area (Å²) < 4.78 is 3.62. The third-order valence-corrected chi connectivity index (χ3v) is 4.08. The van der Waals surface area contributed by atoms with Crippen LogP contribution in [0, 0.1) is 18.6 Å². The van der Waals surface area contributed by atoms with E-state index in [1.807, 2.05) is 23.6 Å². The fourth-order valence-corrected chi connectivity index (χ4v) is 2.86. The Balaban J connectivity index is 2.43. The van der Waals surface area contributed by atoms with Gasteiger partial charge in [-0.05, 0) is 71.3 Å². The summed E-state index contributed by atoms with van der Waals surface area (Å²) in [6.07, 6.45) is 1.81. The summed E-state index contributed by atoms with van der Waals surface area (Å²) in [7, 11) is 0. The maximum absolute atomic E-state index is 5.44. The van der Waals surface area contributed by atoms with Crippen molar-refractivity contribution < 1.29 is 0 Å². The zero-order valence-corrected chi connectivity index (χ0v) is 13.0. The topological polar surface area (TPSA) is 33.6 Å². The number of halogens is 1. The molecular weight excluding hydrogens is 322 g/mol. The van der Waals surface area contributed by atoms with Crippen molar-refractivity contribution in [2.24, 2.45) is 0 Å². The molecule has 0 spiro atoms. The number of hydrogen-bond donors (Lipinski definition) is 1. The summed E-state index contributed by atoms with van der Waals surface area (Å²) in [5, 5.41) is 0. The van der Waals surface area contributed by atoms with Gasteiger partial charge in [0.15, 0.2) is 10.4 Å². The Hall–Kier alpha value is -1.46. The molecule has 0 aliphatic rings. The lowest BCUT2D eigenvalue weighted by Crippen LogP contribution is -1.97. The molecule has 0 aliphatic heterocycles. The zero-order valence-electron chi connectivity index (χ0n) is 10.6. The lowest BCUT2D eigenvalue weighted by Gasteiger charge is -2.08. The number of hydrogen-bond acceptors (Lipinski definition) is 2. The first-order valence-electron chi connectivity index (χ1n) is 5.91. The van der Waals surface area contributed by atoms with E-state index in [9.17, 15) is 0 Å². The van der Waals surface area contributed by atoms with Crippen LogP contribution < -0.4 is 0 Å². The molecule has 0 saturated carbocycles. The van der Waals surface area contributed by atoms with E-state index >= 15 is 0 Å². The van der Waals surface area contributed by atoms with Gasteiger partial charge in [-0.25, -0.2) is 4.98 Å². The van der Waals surface area contributed by atoms with E-state index in [1.54, 1.807) is 6.20 Å². The van der Waals surface area contributed by atoms with Crippen LogP contribution in [0.5, 0.6) is 0 Å². The van der Waals surface area contributed by atoms with Crippen molar-refractivity contribution in [3.63, 3.8) is 0 Å².